The molecule has 0 aliphatic rings. The molecule has 0 bridgehead atoms. The van der Waals surface area contributed by atoms with Gasteiger partial charge in [-0.2, -0.15) is 0 Å². The minimum absolute atomic E-state index is 0.0682. The third kappa shape index (κ3) is 7.81. The monoisotopic (exact) mass is 585 g/mol. The van der Waals surface area contributed by atoms with Crippen LogP contribution in [0.25, 0.3) is 6.08 Å². The SMILES string of the molecule is COc1ccc(/C=C/C(=O)NC(=S)NNC(=O)COc2c(C)cc(Br)cc2Br)cc1OC. The van der Waals surface area contributed by atoms with E-state index in [0.29, 0.717) is 21.7 Å². The molecule has 0 atom stereocenters. The molecule has 8 nitrogen and oxygen atoms in total. The van der Waals surface area contributed by atoms with E-state index in [-0.39, 0.29) is 11.7 Å². The van der Waals surface area contributed by atoms with Crippen LogP contribution in [0.2, 0.25) is 0 Å². The molecule has 0 unspecified atom stereocenters. The summed E-state index contributed by atoms with van der Waals surface area (Å²) in [5.74, 6) is 0.734. The first-order chi connectivity index (χ1) is 15.2. The number of thiocarbonyl (C=S) groups is 1. The van der Waals surface area contributed by atoms with Crippen molar-refractivity contribution in [1.82, 2.24) is 16.2 Å². The molecule has 32 heavy (non-hydrogen) atoms. The first-order valence-corrected chi connectivity index (χ1v) is 11.1. The number of amides is 2. The Balaban J connectivity index is 1.79. The Morgan fingerprint density at radius 1 is 1.06 bits per heavy atom. The van der Waals surface area contributed by atoms with E-state index in [1.807, 2.05) is 19.1 Å². The van der Waals surface area contributed by atoms with Gasteiger partial charge in [0.2, 0.25) is 5.91 Å². The fourth-order valence-electron chi connectivity index (χ4n) is 2.49. The summed E-state index contributed by atoms with van der Waals surface area (Å²) in [6.07, 6.45) is 2.89. The number of benzene rings is 2. The van der Waals surface area contributed by atoms with E-state index in [0.717, 1.165) is 15.6 Å². The number of rotatable bonds is 7. The van der Waals surface area contributed by atoms with Crippen LogP contribution in [0.3, 0.4) is 0 Å². The molecule has 2 aromatic carbocycles. The van der Waals surface area contributed by atoms with Crippen LogP contribution in [0, 0.1) is 6.92 Å². The molecule has 0 heterocycles. The van der Waals surface area contributed by atoms with E-state index >= 15 is 0 Å². The van der Waals surface area contributed by atoms with Crippen molar-refractivity contribution in [2.75, 3.05) is 20.8 Å². The van der Waals surface area contributed by atoms with Crippen LogP contribution >= 0.6 is 44.1 Å². The molecule has 2 amide bonds. The van der Waals surface area contributed by atoms with Crippen molar-refractivity contribution in [2.24, 2.45) is 0 Å². The maximum Gasteiger partial charge on any atom is 0.276 e. The highest BCUT2D eigenvalue weighted by atomic mass is 79.9. The van der Waals surface area contributed by atoms with Gasteiger partial charge in [-0.3, -0.25) is 25.8 Å². The van der Waals surface area contributed by atoms with Crippen LogP contribution in [0.1, 0.15) is 11.1 Å². The summed E-state index contributed by atoms with van der Waals surface area (Å²) >= 11 is 11.8. The molecular formula is C21H21Br2N3O5S. The lowest BCUT2D eigenvalue weighted by molar-refractivity contribution is -0.123. The van der Waals surface area contributed by atoms with Gasteiger partial charge in [0.25, 0.3) is 5.91 Å². The maximum atomic E-state index is 12.0. The molecule has 0 aliphatic carbocycles. The summed E-state index contributed by atoms with van der Waals surface area (Å²) in [7, 11) is 3.07. The van der Waals surface area contributed by atoms with Gasteiger partial charge >= 0.3 is 0 Å². The highest BCUT2D eigenvalue weighted by molar-refractivity contribution is 9.11. The molecule has 0 fully saturated rings. The first-order valence-electron chi connectivity index (χ1n) is 9.11. The summed E-state index contributed by atoms with van der Waals surface area (Å²) in [6.45, 7) is 1.62. The molecule has 11 heteroatoms. The van der Waals surface area contributed by atoms with Crippen molar-refractivity contribution in [3.63, 3.8) is 0 Å². The van der Waals surface area contributed by atoms with Gasteiger partial charge in [0.05, 0.1) is 18.7 Å². The second-order valence-corrected chi connectivity index (χ2v) is 8.44. The lowest BCUT2D eigenvalue weighted by Gasteiger charge is -2.13. The standard InChI is InChI=1S/C21H21Br2N3O5S/c1-12-8-14(22)10-15(23)20(12)31-11-19(28)25-26-21(32)24-18(27)7-5-13-4-6-16(29-2)17(9-13)30-3/h4-10H,11H2,1-3H3,(H,25,28)(H2,24,26,27,32)/b7-5+. The topological polar surface area (TPSA) is 97.9 Å². The quantitative estimate of drug-likeness (QED) is 0.259. The molecule has 2 rings (SSSR count). The normalized spacial score (nSPS) is 10.4. The summed E-state index contributed by atoms with van der Waals surface area (Å²) in [6, 6.07) is 8.92. The number of carbonyl (C=O) groups is 2. The fourth-order valence-corrected chi connectivity index (χ4v) is 4.19. The molecule has 0 saturated heterocycles. The zero-order chi connectivity index (χ0) is 23.7. The van der Waals surface area contributed by atoms with E-state index in [4.69, 9.17) is 26.4 Å². The van der Waals surface area contributed by atoms with Crippen molar-refractivity contribution in [3.05, 3.63) is 56.5 Å². The molecular weight excluding hydrogens is 566 g/mol. The number of halogens is 2. The zero-order valence-electron chi connectivity index (χ0n) is 17.5. The lowest BCUT2D eigenvalue weighted by atomic mass is 10.2. The number of nitrogens with one attached hydrogen (secondary N) is 3. The van der Waals surface area contributed by atoms with Crippen molar-refractivity contribution in [2.45, 2.75) is 6.92 Å². The minimum Gasteiger partial charge on any atom is -0.493 e. The predicted molar refractivity (Wildman–Crippen MR) is 133 cm³/mol. The van der Waals surface area contributed by atoms with E-state index in [1.165, 1.54) is 13.2 Å². The highest BCUT2D eigenvalue weighted by Gasteiger charge is 2.10. The van der Waals surface area contributed by atoms with Crippen molar-refractivity contribution >= 4 is 67.1 Å². The second-order valence-electron chi connectivity index (χ2n) is 6.26. The van der Waals surface area contributed by atoms with Crippen LogP contribution in [0.15, 0.2) is 45.4 Å². The number of ether oxygens (including phenoxy) is 3. The molecule has 0 saturated carbocycles. The van der Waals surface area contributed by atoms with E-state index < -0.39 is 11.8 Å². The Bertz CT molecular complexity index is 1020. The minimum atomic E-state index is -0.475. The maximum absolute atomic E-state index is 12.0. The summed E-state index contributed by atoms with van der Waals surface area (Å²) in [4.78, 5) is 24.0. The Morgan fingerprint density at radius 2 is 1.78 bits per heavy atom. The van der Waals surface area contributed by atoms with Crippen LogP contribution in [0.5, 0.6) is 17.2 Å². The average molecular weight is 587 g/mol. The Labute approximate surface area is 207 Å². The number of aryl methyl sites for hydroxylation is 1. The molecule has 0 aromatic heterocycles. The molecule has 2 aromatic rings. The number of hydrogen-bond acceptors (Lipinski definition) is 6. The van der Waals surface area contributed by atoms with Crippen molar-refractivity contribution in [1.29, 1.82) is 0 Å². The number of methoxy groups -OCH3 is 2. The van der Waals surface area contributed by atoms with Gasteiger partial charge in [-0.25, -0.2) is 0 Å². The summed E-state index contributed by atoms with van der Waals surface area (Å²) in [5.41, 5.74) is 6.40. The van der Waals surface area contributed by atoms with Crippen LogP contribution in [-0.2, 0) is 9.59 Å². The van der Waals surface area contributed by atoms with Gasteiger partial charge in [-0.1, -0.05) is 22.0 Å². The third-order valence-corrected chi connectivity index (χ3v) is 5.18. The van der Waals surface area contributed by atoms with E-state index in [1.54, 1.807) is 31.4 Å². The molecule has 3 N–H and O–H groups in total. The predicted octanol–water partition coefficient (Wildman–Crippen LogP) is 3.65. The molecule has 0 radical (unpaired) electrons. The van der Waals surface area contributed by atoms with E-state index in [9.17, 15) is 9.59 Å². The Morgan fingerprint density at radius 3 is 2.44 bits per heavy atom. The third-order valence-electron chi connectivity index (χ3n) is 3.93. The largest absolute Gasteiger partial charge is 0.493 e. The number of hydrazine groups is 1. The summed E-state index contributed by atoms with van der Waals surface area (Å²) in [5, 5.41) is 2.36. The van der Waals surface area contributed by atoms with Crippen LogP contribution in [0.4, 0.5) is 0 Å². The zero-order valence-corrected chi connectivity index (χ0v) is 21.4. The second kappa shape index (κ2) is 12.4. The van der Waals surface area contributed by atoms with Gasteiger partial charge in [-0.15, -0.1) is 0 Å². The van der Waals surface area contributed by atoms with Crippen molar-refractivity contribution < 1.29 is 23.8 Å². The molecule has 0 spiro atoms. The lowest BCUT2D eigenvalue weighted by Crippen LogP contribution is -2.49. The molecule has 170 valence electrons. The van der Waals surface area contributed by atoms with Gasteiger partial charge in [0.15, 0.2) is 23.2 Å². The van der Waals surface area contributed by atoms with Gasteiger partial charge in [0.1, 0.15) is 5.75 Å². The fraction of sp³-hybridized carbons (Fsp3) is 0.190. The van der Waals surface area contributed by atoms with Crippen LogP contribution < -0.4 is 30.4 Å². The van der Waals surface area contributed by atoms with E-state index in [2.05, 4.69) is 48.0 Å². The summed E-state index contributed by atoms with van der Waals surface area (Å²) < 4.78 is 17.5. The van der Waals surface area contributed by atoms with Gasteiger partial charge in [-0.05, 0) is 76.5 Å². The van der Waals surface area contributed by atoms with Gasteiger partial charge < -0.3 is 14.2 Å². The number of hydrogen-bond donors (Lipinski definition) is 3. The van der Waals surface area contributed by atoms with Crippen LogP contribution in [-0.4, -0.2) is 37.8 Å². The smallest absolute Gasteiger partial charge is 0.276 e. The first kappa shape index (κ1) is 25.6. The number of carbonyl (C=O) groups excluding carboxylic acids is 2. The highest BCUT2D eigenvalue weighted by Crippen LogP contribution is 2.32. The average Bonchev–Trinajstić information content (AvgIpc) is 2.75. The Kier molecular flexibility index (Phi) is 9.95. The Hall–Kier alpha value is -2.63. The van der Waals surface area contributed by atoms with Crippen molar-refractivity contribution in [3.8, 4) is 17.2 Å². The molecule has 0 aliphatic heterocycles. The van der Waals surface area contributed by atoms with Gasteiger partial charge in [0, 0.05) is 10.5 Å².